The molecule has 0 saturated carbocycles. The van der Waals surface area contributed by atoms with Crippen molar-refractivity contribution in [3.05, 3.63) is 59.4 Å². The second kappa shape index (κ2) is 7.64. The van der Waals surface area contributed by atoms with Gasteiger partial charge < -0.3 is 15.1 Å². The molecule has 0 atom stereocenters. The molecule has 6 heteroatoms. The maximum Gasteiger partial charge on any atom is 0.279 e. The number of nitrogens with zero attached hydrogens (tertiary/aromatic N) is 1. The van der Waals surface area contributed by atoms with E-state index in [0.29, 0.717) is 12.2 Å². The van der Waals surface area contributed by atoms with E-state index in [-0.39, 0.29) is 11.7 Å². The molecule has 1 amide bonds. The monoisotopic (exact) mass is 348 g/mol. The summed E-state index contributed by atoms with van der Waals surface area (Å²) in [5.41, 5.74) is 1.65. The molecule has 1 saturated heterocycles. The van der Waals surface area contributed by atoms with E-state index in [2.05, 4.69) is 10.2 Å². The first-order valence-corrected chi connectivity index (χ1v) is 8.37. The Bertz CT molecular complexity index is 700. The molecule has 24 heavy (non-hydrogen) atoms. The summed E-state index contributed by atoms with van der Waals surface area (Å²) in [5, 5.41) is 3.48. The third-order valence-electron chi connectivity index (χ3n) is 4.18. The minimum atomic E-state index is -0.350. The van der Waals surface area contributed by atoms with Gasteiger partial charge in [-0.1, -0.05) is 17.7 Å². The average Bonchev–Trinajstić information content (AvgIpc) is 2.56. The number of nitrogens with one attached hydrogen (secondary N) is 2. The Labute approximate surface area is 145 Å². The van der Waals surface area contributed by atoms with E-state index in [0.717, 1.165) is 36.9 Å². The van der Waals surface area contributed by atoms with Crippen LogP contribution in [0.5, 0.6) is 0 Å². The number of quaternary nitrogens is 1. The number of halogens is 2. The highest BCUT2D eigenvalue weighted by atomic mass is 35.5. The fourth-order valence-electron chi connectivity index (χ4n) is 2.91. The van der Waals surface area contributed by atoms with Crippen molar-refractivity contribution in [3.63, 3.8) is 0 Å². The molecule has 0 spiro atoms. The van der Waals surface area contributed by atoms with E-state index in [9.17, 15) is 9.18 Å². The zero-order valence-electron chi connectivity index (χ0n) is 13.3. The van der Waals surface area contributed by atoms with Crippen LogP contribution in [-0.4, -0.2) is 38.6 Å². The Balaban J connectivity index is 1.48. The van der Waals surface area contributed by atoms with Crippen LogP contribution in [0.2, 0.25) is 5.02 Å². The SMILES string of the molecule is O=C(C[NH+]1CCN(c2ccc(Cl)cc2)CC1)Nc1cccc(F)c1. The third-order valence-corrected chi connectivity index (χ3v) is 4.43. The highest BCUT2D eigenvalue weighted by Gasteiger charge is 2.22. The maximum atomic E-state index is 13.1. The summed E-state index contributed by atoms with van der Waals surface area (Å²) in [6.07, 6.45) is 0. The van der Waals surface area contributed by atoms with E-state index < -0.39 is 0 Å². The zero-order valence-corrected chi connectivity index (χ0v) is 14.0. The number of amides is 1. The van der Waals surface area contributed by atoms with Crippen molar-refractivity contribution in [3.8, 4) is 0 Å². The molecule has 1 aliphatic rings. The topological polar surface area (TPSA) is 36.8 Å². The van der Waals surface area contributed by atoms with Crippen molar-refractivity contribution >= 4 is 28.9 Å². The first kappa shape index (κ1) is 16.7. The summed E-state index contributed by atoms with van der Waals surface area (Å²) in [6.45, 7) is 3.96. The van der Waals surface area contributed by atoms with Gasteiger partial charge >= 0.3 is 0 Å². The minimum absolute atomic E-state index is 0.0875. The number of piperazine rings is 1. The number of anilines is 2. The molecule has 2 N–H and O–H groups in total. The second-order valence-corrected chi connectivity index (χ2v) is 6.39. The van der Waals surface area contributed by atoms with Crippen molar-refractivity contribution in [1.82, 2.24) is 0 Å². The highest BCUT2D eigenvalue weighted by Crippen LogP contribution is 2.17. The van der Waals surface area contributed by atoms with Crippen molar-refractivity contribution in [1.29, 1.82) is 0 Å². The first-order valence-electron chi connectivity index (χ1n) is 8.00. The summed E-state index contributed by atoms with van der Waals surface area (Å²) in [4.78, 5) is 15.6. The van der Waals surface area contributed by atoms with Crippen LogP contribution in [0.1, 0.15) is 0 Å². The van der Waals surface area contributed by atoms with E-state index in [1.54, 1.807) is 12.1 Å². The molecule has 1 aliphatic heterocycles. The number of carbonyl (C=O) groups is 1. The van der Waals surface area contributed by atoms with Gasteiger partial charge in [0.25, 0.3) is 5.91 Å². The molecule has 0 unspecified atom stereocenters. The summed E-state index contributed by atoms with van der Waals surface area (Å²) in [5.74, 6) is -0.438. The van der Waals surface area contributed by atoms with Gasteiger partial charge in [-0.05, 0) is 42.5 Å². The third kappa shape index (κ3) is 4.46. The number of hydrogen-bond donors (Lipinski definition) is 2. The fourth-order valence-corrected chi connectivity index (χ4v) is 3.03. The van der Waals surface area contributed by atoms with Gasteiger partial charge in [0.2, 0.25) is 0 Å². The van der Waals surface area contributed by atoms with Gasteiger partial charge in [-0.15, -0.1) is 0 Å². The molecular formula is C18H20ClFN3O+. The number of carbonyl (C=O) groups excluding carboxylic acids is 1. The molecule has 0 radical (unpaired) electrons. The molecule has 1 heterocycles. The van der Waals surface area contributed by atoms with E-state index in [1.807, 2.05) is 24.3 Å². The minimum Gasteiger partial charge on any atom is -0.360 e. The zero-order chi connectivity index (χ0) is 16.9. The standard InChI is InChI=1S/C18H19ClFN3O/c19-14-4-6-17(7-5-14)23-10-8-22(9-11-23)13-18(24)21-16-3-1-2-15(20)12-16/h1-7,12H,8-11,13H2,(H,21,24)/p+1. The highest BCUT2D eigenvalue weighted by molar-refractivity contribution is 6.30. The summed E-state index contributed by atoms with van der Waals surface area (Å²) < 4.78 is 13.1. The quantitative estimate of drug-likeness (QED) is 0.884. The molecule has 0 aliphatic carbocycles. The molecule has 126 valence electrons. The summed E-state index contributed by atoms with van der Waals surface area (Å²) in [6, 6.07) is 13.8. The smallest absolute Gasteiger partial charge is 0.279 e. The number of hydrogen-bond acceptors (Lipinski definition) is 2. The van der Waals surface area contributed by atoms with E-state index in [1.165, 1.54) is 17.0 Å². The Morgan fingerprint density at radius 3 is 2.54 bits per heavy atom. The largest absolute Gasteiger partial charge is 0.360 e. The maximum absolute atomic E-state index is 13.1. The molecule has 2 aromatic carbocycles. The molecule has 0 aromatic heterocycles. The van der Waals surface area contributed by atoms with Gasteiger partial charge in [0, 0.05) is 16.4 Å². The lowest BCUT2D eigenvalue weighted by molar-refractivity contribution is -0.892. The lowest BCUT2D eigenvalue weighted by Crippen LogP contribution is -3.15. The van der Waals surface area contributed by atoms with Crippen LogP contribution in [-0.2, 0) is 4.79 Å². The van der Waals surface area contributed by atoms with Gasteiger partial charge in [-0.3, -0.25) is 4.79 Å². The van der Waals surface area contributed by atoms with Crippen LogP contribution in [0.3, 0.4) is 0 Å². The number of benzene rings is 2. The van der Waals surface area contributed by atoms with Gasteiger partial charge in [-0.2, -0.15) is 0 Å². The summed E-state index contributed by atoms with van der Waals surface area (Å²) >= 11 is 5.92. The fraction of sp³-hybridized carbons (Fsp3) is 0.278. The second-order valence-electron chi connectivity index (χ2n) is 5.95. The van der Waals surface area contributed by atoms with Gasteiger partial charge in [0.1, 0.15) is 5.82 Å². The Kier molecular flexibility index (Phi) is 5.33. The number of rotatable bonds is 4. The summed E-state index contributed by atoms with van der Waals surface area (Å²) in [7, 11) is 0. The Morgan fingerprint density at radius 2 is 1.88 bits per heavy atom. The van der Waals surface area contributed by atoms with Crippen molar-refractivity contribution in [2.24, 2.45) is 0 Å². The molecule has 4 nitrogen and oxygen atoms in total. The van der Waals surface area contributed by atoms with Crippen LogP contribution < -0.4 is 15.1 Å². The molecule has 1 fully saturated rings. The van der Waals surface area contributed by atoms with Crippen molar-refractivity contribution < 1.29 is 14.1 Å². The van der Waals surface area contributed by atoms with Crippen LogP contribution in [0.15, 0.2) is 48.5 Å². The van der Waals surface area contributed by atoms with Gasteiger partial charge in [-0.25, -0.2) is 4.39 Å². The first-order chi connectivity index (χ1) is 11.6. The van der Waals surface area contributed by atoms with Crippen LogP contribution in [0.4, 0.5) is 15.8 Å². The predicted octanol–water partition coefficient (Wildman–Crippen LogP) is 1.82. The Morgan fingerprint density at radius 1 is 1.17 bits per heavy atom. The van der Waals surface area contributed by atoms with Crippen molar-refractivity contribution in [2.45, 2.75) is 0 Å². The molecule has 2 aromatic rings. The van der Waals surface area contributed by atoms with Gasteiger partial charge in [0.05, 0.1) is 26.2 Å². The van der Waals surface area contributed by atoms with Crippen LogP contribution >= 0.6 is 11.6 Å². The van der Waals surface area contributed by atoms with Gasteiger partial charge in [0.15, 0.2) is 6.54 Å². The van der Waals surface area contributed by atoms with E-state index >= 15 is 0 Å². The molecule has 3 rings (SSSR count). The molecule has 0 bridgehead atoms. The van der Waals surface area contributed by atoms with Crippen molar-refractivity contribution in [2.75, 3.05) is 42.9 Å². The lowest BCUT2D eigenvalue weighted by atomic mass is 10.2. The molecular weight excluding hydrogens is 329 g/mol. The van der Waals surface area contributed by atoms with E-state index in [4.69, 9.17) is 11.6 Å². The predicted molar refractivity (Wildman–Crippen MR) is 94.3 cm³/mol. The van der Waals surface area contributed by atoms with Crippen LogP contribution in [0, 0.1) is 5.82 Å². The Hall–Kier alpha value is -2.11. The lowest BCUT2D eigenvalue weighted by Gasteiger charge is -2.33. The average molecular weight is 349 g/mol. The van der Waals surface area contributed by atoms with Crippen LogP contribution in [0.25, 0.3) is 0 Å². The normalized spacial score (nSPS) is 15.3.